The fourth-order valence-corrected chi connectivity index (χ4v) is 1.99. The van der Waals surface area contributed by atoms with Crippen LogP contribution in [0.15, 0.2) is 0 Å². The lowest BCUT2D eigenvalue weighted by Gasteiger charge is -2.27. The van der Waals surface area contributed by atoms with Crippen molar-refractivity contribution in [2.75, 3.05) is 54.2 Å². The first kappa shape index (κ1) is 22.3. The second-order valence-corrected chi connectivity index (χ2v) is 5.52. The van der Waals surface area contributed by atoms with E-state index in [-0.39, 0.29) is 18.2 Å². The number of esters is 1. The second kappa shape index (κ2) is 14.8. The minimum atomic E-state index is -0.183. The molecule has 0 aromatic rings. The number of unbranched alkanes of at least 4 members (excludes halogenated alkanes) is 1. The zero-order valence-corrected chi connectivity index (χ0v) is 15.2. The summed E-state index contributed by atoms with van der Waals surface area (Å²) in [6, 6.07) is 0. The molecule has 2 unspecified atom stereocenters. The number of carbonyl (C=O) groups is 1. The Bertz CT molecular complexity index is 278. The van der Waals surface area contributed by atoms with Crippen LogP contribution in [-0.4, -0.2) is 77.3 Å². The van der Waals surface area contributed by atoms with Crippen LogP contribution in [0.5, 0.6) is 0 Å². The van der Waals surface area contributed by atoms with Gasteiger partial charge in [-0.3, -0.25) is 9.69 Å². The molecule has 23 heavy (non-hydrogen) atoms. The molecule has 0 rings (SSSR count). The number of ether oxygens (including phenoxy) is 3. The van der Waals surface area contributed by atoms with Crippen LogP contribution >= 0.6 is 0 Å². The van der Waals surface area contributed by atoms with Gasteiger partial charge < -0.3 is 14.2 Å². The molecular weight excluding hydrogens is 302 g/mol. The van der Waals surface area contributed by atoms with Crippen LogP contribution < -0.4 is 0 Å². The Morgan fingerprint density at radius 3 is 2.04 bits per heavy atom. The summed E-state index contributed by atoms with van der Waals surface area (Å²) in [5, 5.41) is 0. The summed E-state index contributed by atoms with van der Waals surface area (Å²) in [5.74, 6) is -0.183. The van der Waals surface area contributed by atoms with Gasteiger partial charge in [-0.05, 0) is 26.7 Å². The third-order valence-electron chi connectivity index (χ3n) is 3.47. The van der Waals surface area contributed by atoms with Gasteiger partial charge >= 0.3 is 5.97 Å². The first-order valence-electron chi connectivity index (χ1n) is 8.12. The summed E-state index contributed by atoms with van der Waals surface area (Å²) < 4.78 is 15.8. The fourth-order valence-electron chi connectivity index (χ4n) is 1.99. The van der Waals surface area contributed by atoms with Crippen LogP contribution in [-0.2, 0) is 28.8 Å². The maximum absolute atomic E-state index is 11.8. The van der Waals surface area contributed by atoms with E-state index < -0.39 is 0 Å². The molecule has 0 aliphatic heterocycles. The molecule has 7 nitrogen and oxygen atoms in total. The highest BCUT2D eigenvalue weighted by Gasteiger charge is 2.15. The molecule has 0 fully saturated rings. The van der Waals surface area contributed by atoms with E-state index in [0.717, 1.165) is 25.9 Å². The van der Waals surface area contributed by atoms with Crippen LogP contribution in [0.25, 0.3) is 0 Å². The average Bonchev–Trinajstić information content (AvgIpc) is 2.55. The van der Waals surface area contributed by atoms with Crippen molar-refractivity contribution in [3.8, 4) is 0 Å². The normalized spacial score (nSPS) is 14.0. The van der Waals surface area contributed by atoms with E-state index in [1.807, 2.05) is 13.8 Å². The molecule has 7 heteroatoms. The van der Waals surface area contributed by atoms with Crippen molar-refractivity contribution in [1.82, 2.24) is 4.90 Å². The minimum absolute atomic E-state index is 0.107. The van der Waals surface area contributed by atoms with E-state index in [4.69, 9.17) is 19.1 Å². The number of nitrogens with zero attached hydrogens (tertiary/aromatic N) is 1. The summed E-state index contributed by atoms with van der Waals surface area (Å²) in [4.78, 5) is 23.2. The Morgan fingerprint density at radius 1 is 0.957 bits per heavy atom. The number of hydrogen-bond acceptors (Lipinski definition) is 7. The molecule has 0 aromatic carbocycles. The molecule has 0 spiro atoms. The summed E-state index contributed by atoms with van der Waals surface area (Å²) in [6.45, 7) is 7.07. The van der Waals surface area contributed by atoms with E-state index in [1.165, 1.54) is 7.11 Å². The molecule has 0 aromatic heterocycles. The first-order chi connectivity index (χ1) is 11.0. The Morgan fingerprint density at radius 2 is 1.52 bits per heavy atom. The Balaban J connectivity index is 3.95. The van der Waals surface area contributed by atoms with Crippen molar-refractivity contribution in [1.29, 1.82) is 0 Å². The Labute approximate surface area is 140 Å². The molecule has 0 aliphatic rings. The van der Waals surface area contributed by atoms with Gasteiger partial charge in [0.25, 0.3) is 0 Å². The predicted octanol–water partition coefficient (Wildman–Crippen LogP) is 1.65. The van der Waals surface area contributed by atoms with Gasteiger partial charge in [-0.1, -0.05) is 0 Å². The lowest BCUT2D eigenvalue weighted by molar-refractivity contribution is -0.272. The molecule has 0 aliphatic carbocycles. The maximum atomic E-state index is 11.8. The second-order valence-electron chi connectivity index (χ2n) is 5.52. The molecule has 0 amide bonds. The van der Waals surface area contributed by atoms with Gasteiger partial charge in [0.1, 0.15) is 0 Å². The van der Waals surface area contributed by atoms with Crippen molar-refractivity contribution >= 4 is 5.97 Å². The molecule has 0 radical (unpaired) electrons. The lowest BCUT2D eigenvalue weighted by atomic mass is 10.2. The van der Waals surface area contributed by atoms with E-state index in [0.29, 0.717) is 26.2 Å². The van der Waals surface area contributed by atoms with E-state index in [1.54, 1.807) is 14.2 Å². The fraction of sp³-hybridized carbons (Fsp3) is 0.938. The maximum Gasteiger partial charge on any atom is 0.307 e. The van der Waals surface area contributed by atoms with Gasteiger partial charge in [0, 0.05) is 33.9 Å². The molecule has 138 valence electrons. The van der Waals surface area contributed by atoms with Crippen molar-refractivity contribution in [2.45, 2.75) is 45.3 Å². The molecule has 0 heterocycles. The van der Waals surface area contributed by atoms with Gasteiger partial charge in [-0.2, -0.15) is 0 Å². The summed E-state index contributed by atoms with van der Waals surface area (Å²) in [7, 11) is 4.84. The van der Waals surface area contributed by atoms with Gasteiger partial charge in [0.05, 0.1) is 39.0 Å². The standard InChI is InChI=1S/C16H33NO6/c1-14(19-3)12-17(13-15(2)20-4)9-8-16(18)22-10-6-7-11-23-21-5/h14-15H,6-13H2,1-5H3. The van der Waals surface area contributed by atoms with Crippen LogP contribution in [0.2, 0.25) is 0 Å². The smallest absolute Gasteiger partial charge is 0.307 e. The summed E-state index contributed by atoms with van der Waals surface area (Å²) in [6.07, 6.45) is 2.14. The average molecular weight is 335 g/mol. The highest BCUT2D eigenvalue weighted by Crippen LogP contribution is 2.03. The number of hydrogen-bond donors (Lipinski definition) is 0. The molecular formula is C16H33NO6. The third kappa shape index (κ3) is 13.4. The van der Waals surface area contributed by atoms with Crippen LogP contribution in [0.3, 0.4) is 0 Å². The summed E-state index contributed by atoms with van der Waals surface area (Å²) >= 11 is 0. The van der Waals surface area contributed by atoms with E-state index in [9.17, 15) is 4.79 Å². The van der Waals surface area contributed by atoms with E-state index in [2.05, 4.69) is 9.79 Å². The van der Waals surface area contributed by atoms with Crippen LogP contribution in [0, 0.1) is 0 Å². The zero-order chi connectivity index (χ0) is 17.5. The van der Waals surface area contributed by atoms with Crippen molar-refractivity contribution in [3.63, 3.8) is 0 Å². The largest absolute Gasteiger partial charge is 0.466 e. The van der Waals surface area contributed by atoms with E-state index >= 15 is 0 Å². The van der Waals surface area contributed by atoms with Crippen LogP contribution in [0.4, 0.5) is 0 Å². The van der Waals surface area contributed by atoms with Crippen molar-refractivity contribution < 1.29 is 28.8 Å². The Hall–Kier alpha value is -0.730. The molecule has 0 bridgehead atoms. The van der Waals surface area contributed by atoms with Gasteiger partial charge in [-0.15, -0.1) is 0 Å². The summed E-state index contributed by atoms with van der Waals surface area (Å²) in [5.41, 5.74) is 0. The SMILES string of the molecule is COOCCCCOC(=O)CCN(CC(C)OC)CC(C)OC. The molecule has 0 saturated heterocycles. The van der Waals surface area contributed by atoms with Gasteiger partial charge in [0.2, 0.25) is 0 Å². The third-order valence-corrected chi connectivity index (χ3v) is 3.47. The highest BCUT2D eigenvalue weighted by molar-refractivity contribution is 5.69. The minimum Gasteiger partial charge on any atom is -0.466 e. The molecule has 0 N–H and O–H groups in total. The highest BCUT2D eigenvalue weighted by atomic mass is 17.2. The number of rotatable bonds is 15. The van der Waals surface area contributed by atoms with Gasteiger partial charge in [-0.25, -0.2) is 9.78 Å². The topological polar surface area (TPSA) is 66.5 Å². The van der Waals surface area contributed by atoms with Crippen LogP contribution in [0.1, 0.15) is 33.1 Å². The van der Waals surface area contributed by atoms with Crippen molar-refractivity contribution in [2.24, 2.45) is 0 Å². The molecule has 0 saturated carbocycles. The Kier molecular flexibility index (Phi) is 14.4. The number of carbonyl (C=O) groups excluding carboxylic acids is 1. The zero-order valence-electron chi connectivity index (χ0n) is 15.2. The lowest BCUT2D eigenvalue weighted by Crippen LogP contribution is -2.38. The van der Waals surface area contributed by atoms with Crippen molar-refractivity contribution in [3.05, 3.63) is 0 Å². The first-order valence-corrected chi connectivity index (χ1v) is 8.12. The number of methoxy groups -OCH3 is 2. The monoisotopic (exact) mass is 335 g/mol. The molecule has 2 atom stereocenters. The predicted molar refractivity (Wildman–Crippen MR) is 87.2 cm³/mol. The quantitative estimate of drug-likeness (QED) is 0.195. The van der Waals surface area contributed by atoms with Gasteiger partial charge in [0.15, 0.2) is 0 Å².